The predicted octanol–water partition coefficient (Wildman–Crippen LogP) is 0.420. The van der Waals surface area contributed by atoms with Crippen LogP contribution in [0.1, 0.15) is 32.6 Å². The summed E-state index contributed by atoms with van der Waals surface area (Å²) in [6.07, 6.45) is 4.19. The Bertz CT molecular complexity index is 275. The van der Waals surface area contributed by atoms with E-state index in [1.165, 1.54) is 19.4 Å². The van der Waals surface area contributed by atoms with E-state index in [0.717, 1.165) is 25.9 Å². The van der Waals surface area contributed by atoms with E-state index in [1.54, 1.807) is 0 Å². The SMILES string of the molecule is CCN1CCCC1CN(C)C(=O)C1(N)CC1. The molecule has 2 N–H and O–H groups in total. The predicted molar refractivity (Wildman–Crippen MR) is 64.1 cm³/mol. The number of nitrogens with two attached hydrogens (primary N) is 1. The standard InChI is InChI=1S/C12H23N3O/c1-3-15-8-4-5-10(15)9-14(2)11(16)12(13)6-7-12/h10H,3-9,13H2,1-2H3. The molecule has 92 valence electrons. The van der Waals surface area contributed by atoms with Gasteiger partial charge in [0.1, 0.15) is 0 Å². The Hall–Kier alpha value is -0.610. The second-order valence-corrected chi connectivity index (χ2v) is 5.27. The van der Waals surface area contributed by atoms with E-state index in [0.29, 0.717) is 6.04 Å². The maximum Gasteiger partial charge on any atom is 0.242 e. The summed E-state index contributed by atoms with van der Waals surface area (Å²) in [5.41, 5.74) is 5.42. The summed E-state index contributed by atoms with van der Waals surface area (Å²) >= 11 is 0. The number of likely N-dealkylation sites (N-methyl/N-ethyl adjacent to an activating group) is 2. The molecule has 0 bridgehead atoms. The van der Waals surface area contributed by atoms with Gasteiger partial charge in [-0.3, -0.25) is 9.69 Å². The van der Waals surface area contributed by atoms with Crippen LogP contribution in [0.5, 0.6) is 0 Å². The molecule has 0 aromatic heterocycles. The van der Waals surface area contributed by atoms with Gasteiger partial charge in [-0.2, -0.15) is 0 Å². The number of hydrogen-bond donors (Lipinski definition) is 1. The summed E-state index contributed by atoms with van der Waals surface area (Å²) in [6.45, 7) is 5.29. The summed E-state index contributed by atoms with van der Waals surface area (Å²) < 4.78 is 0. The van der Waals surface area contributed by atoms with Gasteiger partial charge < -0.3 is 10.6 Å². The van der Waals surface area contributed by atoms with Crippen molar-refractivity contribution in [2.45, 2.75) is 44.2 Å². The highest BCUT2D eigenvalue weighted by Gasteiger charge is 2.47. The molecule has 1 aliphatic carbocycles. The van der Waals surface area contributed by atoms with Crippen LogP contribution in [0.4, 0.5) is 0 Å². The minimum Gasteiger partial charge on any atom is -0.343 e. The zero-order valence-electron chi connectivity index (χ0n) is 10.4. The van der Waals surface area contributed by atoms with E-state index < -0.39 is 5.54 Å². The number of nitrogens with zero attached hydrogens (tertiary/aromatic N) is 2. The van der Waals surface area contributed by atoms with Crippen LogP contribution in [0.3, 0.4) is 0 Å². The number of carbonyl (C=O) groups is 1. The first-order chi connectivity index (χ1) is 7.57. The summed E-state index contributed by atoms with van der Waals surface area (Å²) in [6, 6.07) is 0.543. The molecule has 4 nitrogen and oxygen atoms in total. The van der Waals surface area contributed by atoms with Gasteiger partial charge in [0.2, 0.25) is 5.91 Å². The number of carbonyl (C=O) groups excluding carboxylic acids is 1. The molecule has 16 heavy (non-hydrogen) atoms. The molecule has 1 saturated carbocycles. The minimum atomic E-state index is -0.510. The summed E-state index contributed by atoms with van der Waals surface area (Å²) in [4.78, 5) is 16.3. The topological polar surface area (TPSA) is 49.6 Å². The third kappa shape index (κ3) is 2.23. The van der Waals surface area contributed by atoms with Crippen molar-refractivity contribution in [3.05, 3.63) is 0 Å². The molecule has 1 amide bonds. The van der Waals surface area contributed by atoms with Crippen LogP contribution in [-0.4, -0.2) is 54.0 Å². The van der Waals surface area contributed by atoms with Crippen molar-refractivity contribution in [2.24, 2.45) is 5.73 Å². The Morgan fingerprint density at radius 1 is 1.56 bits per heavy atom. The first kappa shape index (κ1) is 11.9. The van der Waals surface area contributed by atoms with E-state index >= 15 is 0 Å². The molecule has 1 atom stereocenters. The van der Waals surface area contributed by atoms with Gasteiger partial charge in [-0.15, -0.1) is 0 Å². The third-order valence-corrected chi connectivity index (χ3v) is 3.95. The van der Waals surface area contributed by atoms with Crippen LogP contribution in [0.25, 0.3) is 0 Å². The lowest BCUT2D eigenvalue weighted by atomic mass is 10.2. The Balaban J connectivity index is 1.86. The van der Waals surface area contributed by atoms with Gasteiger partial charge in [0, 0.05) is 19.6 Å². The fourth-order valence-electron chi connectivity index (χ4n) is 2.65. The van der Waals surface area contributed by atoms with Crippen molar-refractivity contribution in [1.29, 1.82) is 0 Å². The van der Waals surface area contributed by atoms with Crippen LogP contribution in [0.15, 0.2) is 0 Å². The molecule has 4 heteroatoms. The van der Waals surface area contributed by atoms with Crippen LogP contribution in [0.2, 0.25) is 0 Å². The van der Waals surface area contributed by atoms with Crippen molar-refractivity contribution in [1.82, 2.24) is 9.80 Å². The van der Waals surface area contributed by atoms with Crippen molar-refractivity contribution >= 4 is 5.91 Å². The Morgan fingerprint density at radius 3 is 2.81 bits per heavy atom. The molecule has 1 aliphatic heterocycles. The zero-order valence-corrected chi connectivity index (χ0v) is 10.4. The van der Waals surface area contributed by atoms with Crippen molar-refractivity contribution in [3.63, 3.8) is 0 Å². The van der Waals surface area contributed by atoms with Crippen LogP contribution in [0, 0.1) is 0 Å². The molecule has 0 aromatic rings. The van der Waals surface area contributed by atoms with Gasteiger partial charge in [-0.05, 0) is 38.8 Å². The normalized spacial score (nSPS) is 28.1. The van der Waals surface area contributed by atoms with Gasteiger partial charge in [0.05, 0.1) is 5.54 Å². The summed E-state index contributed by atoms with van der Waals surface area (Å²) in [5, 5.41) is 0. The monoisotopic (exact) mass is 225 g/mol. The molecule has 0 aromatic carbocycles. The average molecular weight is 225 g/mol. The van der Waals surface area contributed by atoms with E-state index in [-0.39, 0.29) is 5.91 Å². The first-order valence-corrected chi connectivity index (χ1v) is 6.35. The summed E-state index contributed by atoms with van der Waals surface area (Å²) in [7, 11) is 1.89. The van der Waals surface area contributed by atoms with Gasteiger partial charge in [0.15, 0.2) is 0 Å². The van der Waals surface area contributed by atoms with E-state index in [2.05, 4.69) is 11.8 Å². The van der Waals surface area contributed by atoms with Crippen LogP contribution < -0.4 is 5.73 Å². The Labute approximate surface area is 97.8 Å². The largest absolute Gasteiger partial charge is 0.343 e. The van der Waals surface area contributed by atoms with Crippen molar-refractivity contribution < 1.29 is 4.79 Å². The van der Waals surface area contributed by atoms with E-state index in [4.69, 9.17) is 5.73 Å². The maximum atomic E-state index is 12.0. The molecule has 2 aliphatic rings. The van der Waals surface area contributed by atoms with E-state index in [9.17, 15) is 4.79 Å². The van der Waals surface area contributed by atoms with Gasteiger partial charge in [0.25, 0.3) is 0 Å². The fourth-order valence-corrected chi connectivity index (χ4v) is 2.65. The van der Waals surface area contributed by atoms with Crippen LogP contribution in [-0.2, 0) is 4.79 Å². The molecular weight excluding hydrogens is 202 g/mol. The van der Waals surface area contributed by atoms with Gasteiger partial charge in [-0.1, -0.05) is 6.92 Å². The van der Waals surface area contributed by atoms with Gasteiger partial charge in [-0.25, -0.2) is 0 Å². The number of hydrogen-bond acceptors (Lipinski definition) is 3. The minimum absolute atomic E-state index is 0.135. The van der Waals surface area contributed by atoms with Crippen molar-refractivity contribution in [2.75, 3.05) is 26.7 Å². The number of likely N-dealkylation sites (tertiary alicyclic amines) is 1. The third-order valence-electron chi connectivity index (χ3n) is 3.95. The second-order valence-electron chi connectivity index (χ2n) is 5.27. The molecule has 2 rings (SSSR count). The highest BCUT2D eigenvalue weighted by Crippen LogP contribution is 2.34. The lowest BCUT2D eigenvalue weighted by Gasteiger charge is -2.29. The quantitative estimate of drug-likeness (QED) is 0.754. The molecule has 1 heterocycles. The Morgan fingerprint density at radius 2 is 2.25 bits per heavy atom. The molecule has 2 fully saturated rings. The molecule has 0 radical (unpaired) electrons. The average Bonchev–Trinajstić information content (AvgIpc) is 2.86. The molecule has 1 unspecified atom stereocenters. The smallest absolute Gasteiger partial charge is 0.242 e. The number of amides is 1. The van der Waals surface area contributed by atoms with Gasteiger partial charge >= 0.3 is 0 Å². The highest BCUT2D eigenvalue weighted by atomic mass is 16.2. The molecule has 1 saturated heterocycles. The Kier molecular flexibility index (Phi) is 3.22. The maximum absolute atomic E-state index is 12.0. The number of rotatable bonds is 4. The first-order valence-electron chi connectivity index (χ1n) is 6.35. The lowest BCUT2D eigenvalue weighted by molar-refractivity contribution is -0.132. The van der Waals surface area contributed by atoms with Crippen molar-refractivity contribution in [3.8, 4) is 0 Å². The zero-order chi connectivity index (χ0) is 11.8. The lowest BCUT2D eigenvalue weighted by Crippen LogP contribution is -2.48. The highest BCUT2D eigenvalue weighted by molar-refractivity contribution is 5.88. The molecule has 0 spiro atoms. The fraction of sp³-hybridized carbons (Fsp3) is 0.917. The van der Waals surface area contributed by atoms with Crippen LogP contribution >= 0.6 is 0 Å². The van der Waals surface area contributed by atoms with E-state index in [1.807, 2.05) is 11.9 Å². The second kappa shape index (κ2) is 4.34. The molecular formula is C12H23N3O. The summed E-state index contributed by atoms with van der Waals surface area (Å²) in [5.74, 6) is 0.135.